The number of hydrogen-bond acceptors (Lipinski definition) is 4. The highest BCUT2D eigenvalue weighted by atomic mass is 16.6. The van der Waals surface area contributed by atoms with Crippen LogP contribution in [-0.2, 0) is 5.41 Å². The second-order valence-electron chi connectivity index (χ2n) is 8.55. The largest absolute Gasteiger partial charge is 0.292 e. The molecule has 1 heterocycles. The summed E-state index contributed by atoms with van der Waals surface area (Å²) in [6.45, 7) is 6.03. The molecule has 0 aromatic heterocycles. The zero-order valence-corrected chi connectivity index (χ0v) is 16.9. The molecule has 150 valence electrons. The number of piperidine rings is 1. The topological polar surface area (TPSA) is 63.5 Å². The Hall–Kier alpha value is -2.79. The van der Waals surface area contributed by atoms with Gasteiger partial charge in [-0.2, -0.15) is 0 Å². The summed E-state index contributed by atoms with van der Waals surface area (Å²) in [5.41, 5.74) is 3.10. The molecule has 1 fully saturated rings. The van der Waals surface area contributed by atoms with Gasteiger partial charge in [-0.15, -0.1) is 0 Å². The third kappa shape index (κ3) is 3.62. The highest BCUT2D eigenvalue weighted by Crippen LogP contribution is 2.42. The van der Waals surface area contributed by atoms with Gasteiger partial charge in [-0.3, -0.25) is 19.8 Å². The zero-order valence-electron chi connectivity index (χ0n) is 16.9. The van der Waals surface area contributed by atoms with Crippen LogP contribution in [0.5, 0.6) is 0 Å². The normalized spacial score (nSPS) is 19.9. The van der Waals surface area contributed by atoms with Gasteiger partial charge in [0.05, 0.1) is 11.0 Å². The summed E-state index contributed by atoms with van der Waals surface area (Å²) in [4.78, 5) is 26.9. The van der Waals surface area contributed by atoms with Gasteiger partial charge in [0, 0.05) is 28.7 Å². The van der Waals surface area contributed by atoms with E-state index in [1.807, 2.05) is 30.3 Å². The Morgan fingerprint density at radius 2 is 1.76 bits per heavy atom. The van der Waals surface area contributed by atoms with Gasteiger partial charge in [0.2, 0.25) is 0 Å². The molecule has 0 saturated carbocycles. The van der Waals surface area contributed by atoms with Crippen molar-refractivity contribution >= 4 is 11.5 Å². The number of carbonyl (C=O) groups is 1. The van der Waals surface area contributed by atoms with Crippen LogP contribution >= 0.6 is 0 Å². The zero-order chi connectivity index (χ0) is 20.6. The molecule has 4 rings (SSSR count). The Morgan fingerprint density at radius 3 is 2.48 bits per heavy atom. The Labute approximate surface area is 171 Å². The van der Waals surface area contributed by atoms with Gasteiger partial charge in [0.25, 0.3) is 5.69 Å². The van der Waals surface area contributed by atoms with E-state index in [9.17, 15) is 14.9 Å². The van der Waals surface area contributed by atoms with Crippen LogP contribution < -0.4 is 0 Å². The highest BCUT2D eigenvalue weighted by Gasteiger charge is 2.38. The first kappa shape index (κ1) is 19.5. The lowest BCUT2D eigenvalue weighted by Gasteiger charge is -2.39. The first-order valence-corrected chi connectivity index (χ1v) is 10.2. The highest BCUT2D eigenvalue weighted by molar-refractivity contribution is 6.12. The van der Waals surface area contributed by atoms with E-state index in [-0.39, 0.29) is 27.9 Å². The molecular formula is C24H26N2O3. The van der Waals surface area contributed by atoms with E-state index in [4.69, 9.17) is 0 Å². The van der Waals surface area contributed by atoms with Crippen LogP contribution in [0.4, 0.5) is 5.69 Å². The van der Waals surface area contributed by atoms with Crippen molar-refractivity contribution in [3.05, 3.63) is 87.0 Å². The molecule has 1 aliphatic carbocycles. The minimum absolute atomic E-state index is 0.0296. The molecule has 29 heavy (non-hydrogen) atoms. The van der Waals surface area contributed by atoms with Crippen LogP contribution in [0.1, 0.15) is 60.6 Å². The van der Waals surface area contributed by atoms with Crippen molar-refractivity contribution in [2.45, 2.75) is 44.6 Å². The Balaban J connectivity index is 1.86. The molecule has 2 aromatic carbocycles. The molecule has 1 atom stereocenters. The fourth-order valence-corrected chi connectivity index (χ4v) is 4.71. The molecule has 2 aromatic rings. The van der Waals surface area contributed by atoms with Crippen molar-refractivity contribution in [2.75, 3.05) is 13.1 Å². The summed E-state index contributed by atoms with van der Waals surface area (Å²) in [6.07, 6.45) is 5.41. The first-order valence-electron chi connectivity index (χ1n) is 10.2. The summed E-state index contributed by atoms with van der Waals surface area (Å²) in [7, 11) is 0. The maximum Gasteiger partial charge on any atom is 0.269 e. The van der Waals surface area contributed by atoms with Gasteiger partial charge in [-0.1, -0.05) is 62.7 Å². The lowest BCUT2D eigenvalue weighted by Crippen LogP contribution is -2.38. The summed E-state index contributed by atoms with van der Waals surface area (Å²) in [5, 5.41) is 11.4. The molecule has 2 aliphatic rings. The van der Waals surface area contributed by atoms with E-state index in [0.29, 0.717) is 0 Å². The fraction of sp³-hybridized carbons (Fsp3) is 0.375. The Morgan fingerprint density at radius 1 is 1.03 bits per heavy atom. The number of nitrogens with zero attached hydrogens (tertiary/aromatic N) is 2. The molecule has 5 heteroatoms. The van der Waals surface area contributed by atoms with Crippen molar-refractivity contribution in [2.24, 2.45) is 0 Å². The van der Waals surface area contributed by atoms with Gasteiger partial charge in [0.15, 0.2) is 5.78 Å². The molecular weight excluding hydrogens is 364 g/mol. The number of carbonyl (C=O) groups excluding carboxylic acids is 1. The number of Topliss-reactive ketones (excluding diaryl/α,β-unsaturated/α-hetero) is 1. The number of benzene rings is 2. The molecule has 1 saturated heterocycles. The number of allylic oxidation sites excluding steroid dienone is 1. The van der Waals surface area contributed by atoms with Crippen molar-refractivity contribution in [1.82, 2.24) is 4.90 Å². The van der Waals surface area contributed by atoms with Crippen molar-refractivity contribution in [3.8, 4) is 0 Å². The number of rotatable bonds is 4. The predicted octanol–water partition coefficient (Wildman–Crippen LogP) is 5.22. The molecule has 0 spiro atoms. The van der Waals surface area contributed by atoms with E-state index in [0.717, 1.165) is 48.2 Å². The molecule has 0 bridgehead atoms. The second kappa shape index (κ2) is 7.56. The molecule has 5 nitrogen and oxygen atoms in total. The second-order valence-corrected chi connectivity index (χ2v) is 8.55. The van der Waals surface area contributed by atoms with E-state index in [2.05, 4.69) is 24.8 Å². The van der Waals surface area contributed by atoms with Gasteiger partial charge in [-0.05, 0) is 37.1 Å². The molecule has 0 radical (unpaired) electrons. The molecule has 0 N–H and O–H groups in total. The number of likely N-dealkylation sites (tertiary alicyclic amines) is 1. The van der Waals surface area contributed by atoms with Gasteiger partial charge >= 0.3 is 0 Å². The van der Waals surface area contributed by atoms with Crippen molar-refractivity contribution in [3.63, 3.8) is 0 Å². The lowest BCUT2D eigenvalue weighted by molar-refractivity contribution is -0.384. The number of fused-ring (bicyclic) bond motifs is 1. The third-order valence-electron chi connectivity index (χ3n) is 6.09. The summed E-state index contributed by atoms with van der Waals surface area (Å²) in [5.74, 6) is 0.0296. The minimum Gasteiger partial charge on any atom is -0.292 e. The summed E-state index contributed by atoms with van der Waals surface area (Å²) in [6, 6.07) is 14.3. The van der Waals surface area contributed by atoms with Crippen LogP contribution in [0.3, 0.4) is 0 Å². The van der Waals surface area contributed by atoms with Crippen LogP contribution in [0.25, 0.3) is 0 Å². The average molecular weight is 390 g/mol. The van der Waals surface area contributed by atoms with Crippen LogP contribution in [0, 0.1) is 10.1 Å². The minimum atomic E-state index is -0.368. The smallest absolute Gasteiger partial charge is 0.269 e. The SMILES string of the molecule is CC1(C)C=C([C@H](c2cccc([N+](=O)[O-])c2)N2CCCCC2)C(=O)c2ccccc21. The third-order valence-corrected chi connectivity index (χ3v) is 6.09. The predicted molar refractivity (Wildman–Crippen MR) is 113 cm³/mol. The maximum atomic E-state index is 13.6. The van der Waals surface area contributed by atoms with Crippen molar-refractivity contribution < 1.29 is 9.72 Å². The molecule has 1 aliphatic heterocycles. The van der Waals surface area contributed by atoms with Crippen LogP contribution in [0.15, 0.2) is 60.2 Å². The van der Waals surface area contributed by atoms with Crippen LogP contribution in [0.2, 0.25) is 0 Å². The lowest BCUT2D eigenvalue weighted by atomic mass is 9.72. The van der Waals surface area contributed by atoms with Gasteiger partial charge in [-0.25, -0.2) is 0 Å². The van der Waals surface area contributed by atoms with E-state index < -0.39 is 0 Å². The van der Waals surface area contributed by atoms with Gasteiger partial charge < -0.3 is 0 Å². The Bertz CT molecular complexity index is 987. The van der Waals surface area contributed by atoms with E-state index in [1.165, 1.54) is 12.5 Å². The fourth-order valence-electron chi connectivity index (χ4n) is 4.71. The van der Waals surface area contributed by atoms with E-state index in [1.54, 1.807) is 12.1 Å². The van der Waals surface area contributed by atoms with E-state index >= 15 is 0 Å². The standard InChI is InChI=1S/C24H26N2O3/c1-24(2)16-20(23(27)19-11-4-5-12-21(19)24)22(25-13-6-3-7-14-25)17-9-8-10-18(15-17)26(28)29/h4-5,8-12,15-16,22H,3,6-7,13-14H2,1-2H3/t22-/m0/s1. The molecule has 0 unspecified atom stereocenters. The monoisotopic (exact) mass is 390 g/mol. The van der Waals surface area contributed by atoms with Crippen molar-refractivity contribution in [1.29, 1.82) is 0 Å². The summed E-state index contributed by atoms with van der Waals surface area (Å²) >= 11 is 0. The Kier molecular flexibility index (Phi) is 5.09. The number of hydrogen-bond donors (Lipinski definition) is 0. The average Bonchev–Trinajstić information content (AvgIpc) is 2.73. The molecule has 0 amide bonds. The maximum absolute atomic E-state index is 13.6. The number of nitro benzene ring substituents is 1. The quantitative estimate of drug-likeness (QED) is 0.530. The number of nitro groups is 1. The number of ketones is 1. The number of non-ortho nitro benzene ring substituents is 1. The van der Waals surface area contributed by atoms with Crippen LogP contribution in [-0.4, -0.2) is 28.7 Å². The summed E-state index contributed by atoms with van der Waals surface area (Å²) < 4.78 is 0. The van der Waals surface area contributed by atoms with Gasteiger partial charge in [0.1, 0.15) is 0 Å². The first-order chi connectivity index (χ1) is 13.9.